The number of benzene rings is 3. The van der Waals surface area contributed by atoms with Crippen molar-refractivity contribution in [1.29, 1.82) is 0 Å². The number of carbonyl (C=O) groups is 3. The second-order valence-corrected chi connectivity index (χ2v) is 7.39. The highest BCUT2D eigenvalue weighted by molar-refractivity contribution is 6.39. The lowest BCUT2D eigenvalue weighted by atomic mass is 10.1. The van der Waals surface area contributed by atoms with E-state index in [0.717, 1.165) is 28.9 Å². The van der Waals surface area contributed by atoms with Crippen molar-refractivity contribution in [3.8, 4) is 5.75 Å². The molecule has 0 aromatic heterocycles. The van der Waals surface area contributed by atoms with Crippen molar-refractivity contribution in [3.63, 3.8) is 0 Å². The summed E-state index contributed by atoms with van der Waals surface area (Å²) in [6.45, 7) is 3.66. The Morgan fingerprint density at radius 2 is 1.71 bits per heavy atom. The Labute approximate surface area is 195 Å². The number of rotatable bonds is 7. The zero-order valence-corrected chi connectivity index (χ0v) is 18.6. The molecular weight excluding hydrogens is 439 g/mol. The van der Waals surface area contributed by atoms with Gasteiger partial charge in [0.1, 0.15) is 11.6 Å². The minimum absolute atomic E-state index is 0.186. The summed E-state index contributed by atoms with van der Waals surface area (Å²) in [6, 6.07) is 17.5. The smallest absolute Gasteiger partial charge is 0.329 e. The molecule has 0 bridgehead atoms. The fourth-order valence-electron chi connectivity index (χ4n) is 2.83. The van der Waals surface area contributed by atoms with Gasteiger partial charge in [-0.25, -0.2) is 9.82 Å². The fraction of sp³-hybridized carbons (Fsp3) is 0.120. The first-order valence-corrected chi connectivity index (χ1v) is 10.3. The lowest BCUT2D eigenvalue weighted by Crippen LogP contribution is -2.32. The van der Waals surface area contributed by atoms with Crippen LogP contribution in [0.25, 0.3) is 0 Å². The van der Waals surface area contributed by atoms with Gasteiger partial charge in [-0.1, -0.05) is 24.3 Å². The Morgan fingerprint density at radius 1 is 0.941 bits per heavy atom. The molecule has 0 aliphatic heterocycles. The number of aryl methyl sites for hydroxylation is 2. The minimum atomic E-state index is -0.990. The second kappa shape index (κ2) is 11.4. The van der Waals surface area contributed by atoms with Gasteiger partial charge in [0.2, 0.25) is 0 Å². The molecule has 0 radical (unpaired) electrons. The second-order valence-electron chi connectivity index (χ2n) is 7.39. The van der Waals surface area contributed by atoms with Gasteiger partial charge >= 0.3 is 11.8 Å². The molecule has 0 aliphatic rings. The molecule has 0 aliphatic carbocycles. The molecule has 9 heteroatoms. The number of carbonyl (C=O) groups excluding carboxylic acids is 3. The van der Waals surface area contributed by atoms with E-state index in [1.54, 1.807) is 24.3 Å². The highest BCUT2D eigenvalue weighted by Crippen LogP contribution is 2.17. The Kier molecular flexibility index (Phi) is 8.07. The van der Waals surface area contributed by atoms with E-state index >= 15 is 0 Å². The van der Waals surface area contributed by atoms with E-state index in [4.69, 9.17) is 4.74 Å². The molecule has 3 aromatic carbocycles. The quantitative estimate of drug-likeness (QED) is 0.283. The van der Waals surface area contributed by atoms with Gasteiger partial charge in [0.15, 0.2) is 6.61 Å². The van der Waals surface area contributed by atoms with Gasteiger partial charge in [0.05, 0.1) is 6.21 Å². The molecule has 8 nitrogen and oxygen atoms in total. The summed E-state index contributed by atoms with van der Waals surface area (Å²) < 4.78 is 18.4. The summed E-state index contributed by atoms with van der Waals surface area (Å²) in [5, 5.41) is 8.90. The van der Waals surface area contributed by atoms with Crippen LogP contribution in [0.15, 0.2) is 71.8 Å². The third kappa shape index (κ3) is 7.27. The predicted octanol–water partition coefficient (Wildman–Crippen LogP) is 3.55. The Bertz CT molecular complexity index is 1230. The van der Waals surface area contributed by atoms with E-state index in [0.29, 0.717) is 11.3 Å². The molecule has 3 aromatic rings. The largest absolute Gasteiger partial charge is 0.484 e. The molecule has 3 N–H and O–H groups in total. The molecule has 3 amide bonds. The van der Waals surface area contributed by atoms with Crippen LogP contribution in [-0.2, 0) is 14.4 Å². The van der Waals surface area contributed by atoms with E-state index in [1.807, 2.05) is 32.0 Å². The Balaban J connectivity index is 1.49. The van der Waals surface area contributed by atoms with Gasteiger partial charge in [0, 0.05) is 11.4 Å². The zero-order valence-electron chi connectivity index (χ0n) is 18.6. The average molecular weight is 462 g/mol. The first-order valence-electron chi connectivity index (χ1n) is 10.3. The monoisotopic (exact) mass is 462 g/mol. The number of amides is 3. The number of hydrazone groups is 1. The maximum atomic E-state index is 12.9. The molecule has 0 heterocycles. The maximum absolute atomic E-state index is 12.9. The summed E-state index contributed by atoms with van der Waals surface area (Å²) in [6.07, 6.45) is 1.33. The first kappa shape index (κ1) is 24.1. The van der Waals surface area contributed by atoms with Crippen LogP contribution in [0.1, 0.15) is 16.7 Å². The number of ether oxygens (including phenoxy) is 1. The summed E-state index contributed by atoms with van der Waals surface area (Å²) in [4.78, 5) is 36.0. The SMILES string of the molecule is Cc1ccc(C)c(NC(=O)COc2cccc(/C=N\NC(=O)C(=O)Nc3ccc(F)cc3)c2)c1. The van der Waals surface area contributed by atoms with Crippen LogP contribution in [0.3, 0.4) is 0 Å². The fourth-order valence-corrected chi connectivity index (χ4v) is 2.83. The molecule has 0 saturated carbocycles. The first-order chi connectivity index (χ1) is 16.3. The lowest BCUT2D eigenvalue weighted by molar-refractivity contribution is -0.136. The third-order valence-electron chi connectivity index (χ3n) is 4.58. The molecule has 0 fully saturated rings. The van der Waals surface area contributed by atoms with Gasteiger partial charge < -0.3 is 15.4 Å². The van der Waals surface area contributed by atoms with Crippen LogP contribution in [0.5, 0.6) is 5.75 Å². The molecule has 0 saturated heterocycles. The molecule has 3 rings (SSSR count). The molecule has 0 spiro atoms. The van der Waals surface area contributed by atoms with Crippen molar-refractivity contribution in [2.75, 3.05) is 17.2 Å². The van der Waals surface area contributed by atoms with E-state index in [2.05, 4.69) is 21.2 Å². The number of nitrogens with zero attached hydrogens (tertiary/aromatic N) is 1. The van der Waals surface area contributed by atoms with Crippen LogP contribution in [0, 0.1) is 19.7 Å². The van der Waals surface area contributed by atoms with Crippen LogP contribution < -0.4 is 20.8 Å². The van der Waals surface area contributed by atoms with E-state index in [-0.39, 0.29) is 18.2 Å². The van der Waals surface area contributed by atoms with Crippen LogP contribution in [0.4, 0.5) is 15.8 Å². The van der Waals surface area contributed by atoms with Crippen LogP contribution in [-0.4, -0.2) is 30.5 Å². The standard InChI is InChI=1S/C25H23FN4O4/c1-16-6-7-17(2)22(12-16)29-23(31)15-34-21-5-3-4-18(13-21)14-27-30-25(33)24(32)28-20-10-8-19(26)9-11-20/h3-14H,15H2,1-2H3,(H,28,32)(H,29,31)(H,30,33)/b27-14-. The predicted molar refractivity (Wildman–Crippen MR) is 127 cm³/mol. The van der Waals surface area contributed by atoms with Crippen molar-refractivity contribution in [2.45, 2.75) is 13.8 Å². The number of halogens is 1. The van der Waals surface area contributed by atoms with E-state index < -0.39 is 17.6 Å². The van der Waals surface area contributed by atoms with Gasteiger partial charge in [-0.05, 0) is 73.0 Å². The zero-order chi connectivity index (χ0) is 24.5. The number of anilines is 2. The van der Waals surface area contributed by atoms with Crippen molar-refractivity contribution >= 4 is 35.3 Å². The summed E-state index contributed by atoms with van der Waals surface area (Å²) in [5.74, 6) is -2.26. The van der Waals surface area contributed by atoms with Crippen LogP contribution >= 0.6 is 0 Å². The molecule has 0 unspecified atom stereocenters. The summed E-state index contributed by atoms with van der Waals surface area (Å²) >= 11 is 0. The third-order valence-corrected chi connectivity index (χ3v) is 4.58. The summed E-state index contributed by atoms with van der Waals surface area (Å²) in [5.41, 5.74) is 5.68. The summed E-state index contributed by atoms with van der Waals surface area (Å²) in [7, 11) is 0. The van der Waals surface area contributed by atoms with E-state index in [9.17, 15) is 18.8 Å². The topological polar surface area (TPSA) is 109 Å². The molecular formula is C25H23FN4O4. The maximum Gasteiger partial charge on any atom is 0.329 e. The van der Waals surface area contributed by atoms with Crippen molar-refractivity contribution in [3.05, 3.63) is 89.2 Å². The highest BCUT2D eigenvalue weighted by atomic mass is 19.1. The number of hydrogen-bond acceptors (Lipinski definition) is 5. The molecule has 174 valence electrons. The normalized spacial score (nSPS) is 10.6. The lowest BCUT2D eigenvalue weighted by Gasteiger charge is -2.10. The average Bonchev–Trinajstić information content (AvgIpc) is 2.82. The van der Waals surface area contributed by atoms with Crippen molar-refractivity contribution in [1.82, 2.24) is 5.43 Å². The van der Waals surface area contributed by atoms with Crippen LogP contribution in [0.2, 0.25) is 0 Å². The number of nitrogens with one attached hydrogen (secondary N) is 3. The van der Waals surface area contributed by atoms with Gasteiger partial charge in [-0.15, -0.1) is 0 Å². The van der Waals surface area contributed by atoms with Gasteiger partial charge in [-0.3, -0.25) is 14.4 Å². The minimum Gasteiger partial charge on any atom is -0.484 e. The van der Waals surface area contributed by atoms with Crippen molar-refractivity contribution in [2.24, 2.45) is 5.10 Å². The van der Waals surface area contributed by atoms with E-state index in [1.165, 1.54) is 18.3 Å². The Morgan fingerprint density at radius 3 is 2.47 bits per heavy atom. The highest BCUT2D eigenvalue weighted by Gasteiger charge is 2.13. The number of hydrogen-bond donors (Lipinski definition) is 3. The van der Waals surface area contributed by atoms with Gasteiger partial charge in [-0.2, -0.15) is 5.10 Å². The Hall–Kier alpha value is -4.53. The van der Waals surface area contributed by atoms with Gasteiger partial charge in [0.25, 0.3) is 5.91 Å². The van der Waals surface area contributed by atoms with Crippen molar-refractivity contribution < 1.29 is 23.5 Å². The molecule has 34 heavy (non-hydrogen) atoms. The molecule has 0 atom stereocenters.